The van der Waals surface area contributed by atoms with Crippen LogP contribution in [-0.4, -0.2) is 30.1 Å². The predicted octanol–water partition coefficient (Wildman–Crippen LogP) is 2.88. The average molecular weight is 371 g/mol. The van der Waals surface area contributed by atoms with E-state index in [9.17, 15) is 13.2 Å². The van der Waals surface area contributed by atoms with Gasteiger partial charge in [-0.3, -0.25) is 4.79 Å². The van der Waals surface area contributed by atoms with E-state index in [1.165, 1.54) is 6.26 Å². The number of nitrogens with zero attached hydrogens (tertiary/aromatic N) is 2. The Bertz CT molecular complexity index is 1040. The van der Waals surface area contributed by atoms with Gasteiger partial charge in [0.25, 0.3) is 0 Å². The first kappa shape index (κ1) is 18.1. The van der Waals surface area contributed by atoms with Crippen LogP contribution in [-0.2, 0) is 14.6 Å². The van der Waals surface area contributed by atoms with Crippen molar-refractivity contribution in [3.63, 3.8) is 0 Å². The lowest BCUT2D eigenvalue weighted by atomic mass is 10.1. The molecular weight excluding hydrogens is 350 g/mol. The Morgan fingerprint density at radius 1 is 1.08 bits per heavy atom. The smallest absolute Gasteiger partial charge is 0.243 e. The summed E-state index contributed by atoms with van der Waals surface area (Å²) in [5, 5.41) is 2.97. The minimum atomic E-state index is -3.23. The molecule has 1 aromatic heterocycles. The van der Waals surface area contributed by atoms with Gasteiger partial charge in [0.15, 0.2) is 9.84 Å². The number of hydrogen-bond donors (Lipinski definition) is 1. The summed E-state index contributed by atoms with van der Waals surface area (Å²) in [6.07, 6.45) is 2.84. The average Bonchev–Trinajstić information content (AvgIpc) is 3.04. The Morgan fingerprint density at radius 3 is 2.38 bits per heavy atom. The Hall–Kier alpha value is -2.67. The molecule has 0 aliphatic heterocycles. The molecule has 136 valence electrons. The van der Waals surface area contributed by atoms with Crippen molar-refractivity contribution in [2.24, 2.45) is 0 Å². The summed E-state index contributed by atoms with van der Waals surface area (Å²) in [7, 11) is -3.23. The van der Waals surface area contributed by atoms with Crippen molar-refractivity contribution in [3.05, 3.63) is 60.4 Å². The molecule has 0 radical (unpaired) electrons. The second-order valence-corrected chi connectivity index (χ2v) is 8.40. The Labute approximate surface area is 152 Å². The van der Waals surface area contributed by atoms with Crippen LogP contribution >= 0.6 is 0 Å². The summed E-state index contributed by atoms with van der Waals surface area (Å²) in [6.45, 7) is 3.69. The molecule has 0 bridgehead atoms. The largest absolute Gasteiger partial charge is 0.348 e. The van der Waals surface area contributed by atoms with Crippen LogP contribution < -0.4 is 5.32 Å². The van der Waals surface area contributed by atoms with Crippen LogP contribution in [0.1, 0.15) is 31.5 Å². The van der Waals surface area contributed by atoms with Crippen LogP contribution in [0.3, 0.4) is 0 Å². The van der Waals surface area contributed by atoms with E-state index in [1.807, 2.05) is 42.7 Å². The Balaban J connectivity index is 1.74. The highest BCUT2D eigenvalue weighted by molar-refractivity contribution is 7.90. The summed E-state index contributed by atoms with van der Waals surface area (Å²) in [6, 6.07) is 13.6. The predicted molar refractivity (Wildman–Crippen MR) is 101 cm³/mol. The standard InChI is InChI=1S/C19H21N3O3S/c1-13(15-8-10-16(11-9-15)26(3,24)25)21-19(23)14(2)22-12-20-17-6-4-5-7-18(17)22/h4-14H,1-3H3,(H,21,23)/t13-,14-/m0/s1. The van der Waals surface area contributed by atoms with Gasteiger partial charge in [0.05, 0.1) is 28.3 Å². The first-order valence-electron chi connectivity index (χ1n) is 8.29. The number of amides is 1. The first-order valence-corrected chi connectivity index (χ1v) is 10.2. The van der Waals surface area contributed by atoms with Gasteiger partial charge in [-0.1, -0.05) is 24.3 Å². The zero-order valence-electron chi connectivity index (χ0n) is 14.9. The molecule has 2 atom stereocenters. The molecule has 6 nitrogen and oxygen atoms in total. The third kappa shape index (κ3) is 3.62. The molecule has 7 heteroatoms. The van der Waals surface area contributed by atoms with Gasteiger partial charge in [0.2, 0.25) is 5.91 Å². The molecule has 0 fully saturated rings. The summed E-state index contributed by atoms with van der Waals surface area (Å²) < 4.78 is 24.9. The number of imidazole rings is 1. The highest BCUT2D eigenvalue weighted by Gasteiger charge is 2.19. The maximum Gasteiger partial charge on any atom is 0.243 e. The van der Waals surface area contributed by atoms with E-state index in [0.29, 0.717) is 0 Å². The molecular formula is C19H21N3O3S. The molecule has 1 heterocycles. The fraction of sp³-hybridized carbons (Fsp3) is 0.263. The van der Waals surface area contributed by atoms with Crippen molar-refractivity contribution in [2.75, 3.05) is 6.26 Å². The van der Waals surface area contributed by atoms with E-state index in [1.54, 1.807) is 30.6 Å². The van der Waals surface area contributed by atoms with Crippen molar-refractivity contribution < 1.29 is 13.2 Å². The number of para-hydroxylation sites is 2. The highest BCUT2D eigenvalue weighted by atomic mass is 32.2. The molecule has 26 heavy (non-hydrogen) atoms. The molecule has 2 aromatic carbocycles. The summed E-state index contributed by atoms with van der Waals surface area (Å²) in [5.41, 5.74) is 2.59. The molecule has 0 aliphatic carbocycles. The van der Waals surface area contributed by atoms with Gasteiger partial charge in [-0.05, 0) is 43.7 Å². The lowest BCUT2D eigenvalue weighted by Crippen LogP contribution is -2.32. The van der Waals surface area contributed by atoms with E-state index in [2.05, 4.69) is 10.3 Å². The second-order valence-electron chi connectivity index (χ2n) is 6.39. The van der Waals surface area contributed by atoms with Gasteiger partial charge < -0.3 is 9.88 Å². The van der Waals surface area contributed by atoms with Crippen LogP contribution in [0.2, 0.25) is 0 Å². The van der Waals surface area contributed by atoms with E-state index >= 15 is 0 Å². The second kappa shape index (κ2) is 6.92. The molecule has 0 aliphatic rings. The SMILES string of the molecule is C[C@H](NC(=O)[C@H](C)n1cnc2ccccc21)c1ccc(S(C)(=O)=O)cc1. The van der Waals surface area contributed by atoms with Crippen LogP contribution in [0.25, 0.3) is 11.0 Å². The molecule has 0 saturated carbocycles. The maximum absolute atomic E-state index is 12.6. The van der Waals surface area contributed by atoms with Gasteiger partial charge in [0.1, 0.15) is 6.04 Å². The number of benzene rings is 2. The van der Waals surface area contributed by atoms with Crippen LogP contribution in [0, 0.1) is 0 Å². The zero-order valence-corrected chi connectivity index (χ0v) is 15.7. The molecule has 3 aromatic rings. The minimum absolute atomic E-state index is 0.132. The quantitative estimate of drug-likeness (QED) is 0.748. The van der Waals surface area contributed by atoms with E-state index in [-0.39, 0.29) is 16.8 Å². The number of carbonyl (C=O) groups excluding carboxylic acids is 1. The van der Waals surface area contributed by atoms with Crippen LogP contribution in [0.4, 0.5) is 0 Å². The van der Waals surface area contributed by atoms with Crippen molar-refractivity contribution in [1.82, 2.24) is 14.9 Å². The monoisotopic (exact) mass is 371 g/mol. The minimum Gasteiger partial charge on any atom is -0.348 e. The van der Waals surface area contributed by atoms with Gasteiger partial charge >= 0.3 is 0 Å². The van der Waals surface area contributed by atoms with Crippen molar-refractivity contribution in [1.29, 1.82) is 0 Å². The number of aromatic nitrogens is 2. The zero-order chi connectivity index (χ0) is 18.9. The lowest BCUT2D eigenvalue weighted by Gasteiger charge is -2.19. The molecule has 1 amide bonds. The third-order valence-corrected chi connectivity index (χ3v) is 5.57. The maximum atomic E-state index is 12.6. The number of nitrogens with one attached hydrogen (secondary N) is 1. The van der Waals surface area contributed by atoms with Crippen molar-refractivity contribution >= 4 is 26.8 Å². The number of fused-ring (bicyclic) bond motifs is 1. The molecule has 1 N–H and O–H groups in total. The van der Waals surface area contributed by atoms with Crippen LogP contribution in [0.5, 0.6) is 0 Å². The number of hydrogen-bond acceptors (Lipinski definition) is 4. The highest BCUT2D eigenvalue weighted by Crippen LogP contribution is 2.20. The van der Waals surface area contributed by atoms with Gasteiger partial charge in [-0.25, -0.2) is 13.4 Å². The Morgan fingerprint density at radius 2 is 1.73 bits per heavy atom. The molecule has 3 rings (SSSR count). The van der Waals surface area contributed by atoms with Crippen molar-refractivity contribution in [3.8, 4) is 0 Å². The first-order chi connectivity index (χ1) is 12.3. The number of rotatable bonds is 5. The molecule has 0 unspecified atom stereocenters. The number of carbonyl (C=O) groups is 1. The lowest BCUT2D eigenvalue weighted by molar-refractivity contribution is -0.124. The van der Waals surface area contributed by atoms with E-state index in [0.717, 1.165) is 16.6 Å². The van der Waals surface area contributed by atoms with E-state index in [4.69, 9.17) is 0 Å². The molecule has 0 saturated heterocycles. The summed E-state index contributed by atoms with van der Waals surface area (Å²) in [5.74, 6) is -0.132. The normalized spacial score (nSPS) is 14.1. The van der Waals surface area contributed by atoms with Gasteiger partial charge in [0, 0.05) is 6.26 Å². The summed E-state index contributed by atoms with van der Waals surface area (Å²) >= 11 is 0. The topological polar surface area (TPSA) is 81.1 Å². The molecule has 0 spiro atoms. The third-order valence-electron chi connectivity index (χ3n) is 4.44. The fourth-order valence-electron chi connectivity index (χ4n) is 2.83. The Kier molecular flexibility index (Phi) is 4.82. The van der Waals surface area contributed by atoms with Gasteiger partial charge in [-0.15, -0.1) is 0 Å². The van der Waals surface area contributed by atoms with Crippen molar-refractivity contribution in [2.45, 2.75) is 30.8 Å². The summed E-state index contributed by atoms with van der Waals surface area (Å²) in [4.78, 5) is 17.2. The van der Waals surface area contributed by atoms with Crippen LogP contribution in [0.15, 0.2) is 59.8 Å². The van der Waals surface area contributed by atoms with Gasteiger partial charge in [-0.2, -0.15) is 0 Å². The van der Waals surface area contributed by atoms with E-state index < -0.39 is 15.9 Å². The fourth-order valence-corrected chi connectivity index (χ4v) is 3.46. The number of sulfone groups is 1.